The van der Waals surface area contributed by atoms with E-state index in [2.05, 4.69) is 26.6 Å². The first-order valence-corrected chi connectivity index (χ1v) is 24.8. The van der Waals surface area contributed by atoms with Gasteiger partial charge < -0.3 is 43.2 Å². The van der Waals surface area contributed by atoms with Crippen LogP contribution in [0.2, 0.25) is 0 Å². The standard InChI is InChI=1S/C51H67N7O7S2/c1-6-66-50(65)35(5)55-45(60)34(4)54-47(62)42(24-16-17-29-52)56-48(63)43(31-36-25-27-40(59)28-26-36)57-49(64)44(58-46(61)41(53)30-33(2)3)32-67-51(37-18-10-7-11-19-37,38-20-12-8-13-21-38)39-22-14-9-15-23-39/h7-15,18-23,25-28,33-35,41-44,59H,6,16-17,24,29-32,52-53H2,1-5H3,(H,54,62)(H,55,60)(H,56,63)(H,57,64)(H,58,61)/t34-,35-,41-,42-,43-,44-/m0/s1. The summed E-state index contributed by atoms with van der Waals surface area (Å²) in [6.45, 7) is 9.11. The summed E-state index contributed by atoms with van der Waals surface area (Å²) in [6, 6.07) is 29.4. The highest BCUT2D eigenvalue weighted by Crippen LogP contribution is 2.48. The first kappa shape index (κ1) is 53.9. The van der Waals surface area contributed by atoms with Gasteiger partial charge in [0, 0.05) is 12.2 Å². The minimum atomic E-state index is -1.29. The lowest BCUT2D eigenvalue weighted by Gasteiger charge is -2.36. The Morgan fingerprint density at radius 1 is 0.597 bits per heavy atom. The zero-order chi connectivity index (χ0) is 48.9. The van der Waals surface area contributed by atoms with Crippen molar-refractivity contribution in [1.29, 1.82) is 0 Å². The molecule has 0 saturated carbocycles. The number of phenols is 1. The van der Waals surface area contributed by atoms with E-state index >= 15 is 0 Å². The van der Waals surface area contributed by atoms with Crippen molar-refractivity contribution < 1.29 is 33.9 Å². The fourth-order valence-electron chi connectivity index (χ4n) is 7.48. The fourth-order valence-corrected chi connectivity index (χ4v) is 9.63. The van der Waals surface area contributed by atoms with Gasteiger partial charge in [0.1, 0.15) is 29.9 Å². The molecule has 0 saturated heterocycles. The molecule has 4 rings (SSSR count). The van der Waals surface area contributed by atoms with Crippen molar-refractivity contribution in [2.45, 2.75) is 108 Å². The molecule has 0 radical (unpaired) electrons. The molecule has 67 heavy (non-hydrogen) atoms. The highest BCUT2D eigenvalue weighted by atomic mass is 32.2. The molecule has 16 heteroatoms. The predicted octanol–water partition coefficient (Wildman–Crippen LogP) is 4.91. The first-order valence-electron chi connectivity index (χ1n) is 22.8. The quantitative estimate of drug-likeness (QED) is 0.0311. The van der Waals surface area contributed by atoms with Gasteiger partial charge in [0.15, 0.2) is 0 Å². The molecule has 0 aliphatic heterocycles. The van der Waals surface area contributed by atoms with Crippen LogP contribution >= 0.6 is 23.5 Å². The average molecular weight is 954 g/mol. The molecular weight excluding hydrogens is 887 g/mol. The molecule has 5 amide bonds. The lowest BCUT2D eigenvalue weighted by atomic mass is 9.84. The second kappa shape index (κ2) is 27.2. The van der Waals surface area contributed by atoms with Crippen molar-refractivity contribution in [2.75, 3.05) is 18.1 Å². The molecule has 0 unspecified atom stereocenters. The van der Waals surface area contributed by atoms with E-state index in [1.807, 2.05) is 112 Å². The molecular formula is C51H67N7O7S2. The topological polar surface area (TPSA) is 235 Å². The number of amides is 5. The Labute approximate surface area is 403 Å². The van der Waals surface area contributed by atoms with Crippen molar-refractivity contribution in [3.63, 3.8) is 0 Å². The second-order valence-electron chi connectivity index (χ2n) is 16.9. The number of phenolic OH excluding ortho intramolecular Hbond substituents is 1. The van der Waals surface area contributed by atoms with Crippen molar-refractivity contribution in [3.8, 4) is 5.75 Å². The highest BCUT2D eigenvalue weighted by molar-refractivity contribution is 8.13. The molecule has 10 N–H and O–H groups in total. The van der Waals surface area contributed by atoms with Crippen molar-refractivity contribution in [2.24, 2.45) is 17.4 Å². The van der Waals surface area contributed by atoms with E-state index in [-0.39, 0.29) is 35.4 Å². The van der Waals surface area contributed by atoms with Crippen LogP contribution in [0.4, 0.5) is 0 Å². The number of hydrogen-bond acceptors (Lipinski definition) is 11. The molecule has 0 fully saturated rings. The van der Waals surface area contributed by atoms with Crippen LogP contribution in [0.3, 0.4) is 0 Å². The molecule has 0 heterocycles. The normalized spacial score (nSPS) is 14.1. The first-order chi connectivity index (χ1) is 32.1. The average Bonchev–Trinajstić information content (AvgIpc) is 3.32. The van der Waals surface area contributed by atoms with E-state index in [9.17, 15) is 33.9 Å². The summed E-state index contributed by atoms with van der Waals surface area (Å²) in [7, 11) is 0. The fraction of sp³-hybridized carbons (Fsp3) is 0.412. The van der Waals surface area contributed by atoms with Crippen LogP contribution < -0.4 is 38.1 Å². The Morgan fingerprint density at radius 2 is 1.07 bits per heavy atom. The number of aromatic hydroxyl groups is 1. The van der Waals surface area contributed by atoms with E-state index in [0.29, 0.717) is 37.1 Å². The third-order valence-electron chi connectivity index (χ3n) is 11.0. The predicted molar refractivity (Wildman–Crippen MR) is 268 cm³/mol. The number of nitrogens with one attached hydrogen (secondary N) is 5. The molecule has 0 spiro atoms. The maximum absolute atomic E-state index is 14.9. The Morgan fingerprint density at radius 3 is 1.58 bits per heavy atom. The Balaban J connectivity index is 1.71. The van der Waals surface area contributed by atoms with Gasteiger partial charge in [-0.1, -0.05) is 136 Å². The van der Waals surface area contributed by atoms with Crippen LogP contribution in [0, 0.1) is 5.92 Å². The molecule has 4 aromatic rings. The molecule has 0 aliphatic rings. The summed E-state index contributed by atoms with van der Waals surface area (Å²) in [6.07, 6.45) is 1.47. The van der Waals surface area contributed by atoms with Gasteiger partial charge in [0.2, 0.25) is 34.7 Å². The van der Waals surface area contributed by atoms with Gasteiger partial charge in [-0.2, -0.15) is 0 Å². The Kier molecular flexibility index (Phi) is 21.9. The number of hydrogen-bond donors (Lipinski definition) is 8. The van der Waals surface area contributed by atoms with Gasteiger partial charge in [-0.05, 0) is 92.1 Å². The van der Waals surface area contributed by atoms with Gasteiger partial charge >= 0.3 is 0 Å². The highest BCUT2D eigenvalue weighted by Gasteiger charge is 2.40. The largest absolute Gasteiger partial charge is 0.508 e. The van der Waals surface area contributed by atoms with Gasteiger partial charge in [0.25, 0.3) is 0 Å². The smallest absolute Gasteiger partial charge is 0.244 e. The van der Waals surface area contributed by atoms with E-state index in [1.165, 1.54) is 30.8 Å². The van der Waals surface area contributed by atoms with Gasteiger partial charge in [0.05, 0.1) is 16.8 Å². The minimum absolute atomic E-state index is 0.00253. The van der Waals surface area contributed by atoms with E-state index in [1.54, 1.807) is 19.1 Å². The summed E-state index contributed by atoms with van der Waals surface area (Å²) in [5, 5.41) is 23.8. The van der Waals surface area contributed by atoms with Crippen LogP contribution in [0.15, 0.2) is 115 Å². The summed E-state index contributed by atoms with van der Waals surface area (Å²) in [4.78, 5) is 82.5. The molecule has 0 aliphatic carbocycles. The second-order valence-corrected chi connectivity index (χ2v) is 19.4. The van der Waals surface area contributed by atoms with Gasteiger partial charge in [-0.25, -0.2) is 0 Å². The van der Waals surface area contributed by atoms with Crippen molar-refractivity contribution in [3.05, 3.63) is 138 Å². The van der Waals surface area contributed by atoms with Gasteiger partial charge in [-0.3, -0.25) is 28.8 Å². The zero-order valence-electron chi connectivity index (χ0n) is 39.0. The van der Waals surface area contributed by atoms with E-state index in [0.717, 1.165) is 28.5 Å². The number of rotatable bonds is 26. The molecule has 360 valence electrons. The maximum atomic E-state index is 14.9. The van der Waals surface area contributed by atoms with E-state index < -0.39 is 70.5 Å². The van der Waals surface area contributed by atoms with E-state index in [4.69, 9.17) is 11.5 Å². The van der Waals surface area contributed by atoms with Gasteiger partial charge in [-0.15, -0.1) is 11.8 Å². The number of carbonyl (C=O) groups is 6. The zero-order valence-corrected chi connectivity index (χ0v) is 40.7. The summed E-state index contributed by atoms with van der Waals surface area (Å²) >= 11 is 2.53. The van der Waals surface area contributed by atoms with Crippen LogP contribution in [-0.4, -0.2) is 94.1 Å². The lowest BCUT2D eigenvalue weighted by Crippen LogP contribution is -2.59. The van der Waals surface area contributed by atoms with Crippen LogP contribution in [-0.2, 0) is 39.9 Å². The molecule has 14 nitrogen and oxygen atoms in total. The molecule has 4 aromatic carbocycles. The summed E-state index contributed by atoms with van der Waals surface area (Å²) < 4.78 is -0.865. The molecule has 0 aromatic heterocycles. The molecule has 6 atom stereocenters. The summed E-state index contributed by atoms with van der Waals surface area (Å²) in [5.74, 6) is -2.46. The third kappa shape index (κ3) is 16.3. The summed E-state index contributed by atoms with van der Waals surface area (Å²) in [5.41, 5.74) is 15.6. The number of thioether (sulfide) groups is 2. The maximum Gasteiger partial charge on any atom is 0.244 e. The van der Waals surface area contributed by atoms with Crippen LogP contribution in [0.25, 0.3) is 0 Å². The monoisotopic (exact) mass is 953 g/mol. The van der Waals surface area contributed by atoms with Crippen molar-refractivity contribution >= 4 is 58.2 Å². The lowest BCUT2D eigenvalue weighted by molar-refractivity contribution is -0.134. The third-order valence-corrected chi connectivity index (χ3v) is 13.6. The Bertz CT molecular complexity index is 2100. The minimum Gasteiger partial charge on any atom is -0.508 e. The number of nitrogens with two attached hydrogens (primary N) is 2. The molecule has 0 bridgehead atoms. The SMILES string of the molecule is CCSC(=O)[C@H](C)NC(=O)[C@H](C)NC(=O)[C@H](CCCCN)NC(=O)[C@H](Cc1ccc(O)cc1)NC(=O)[C@H](CSC(c1ccccc1)(c1ccccc1)c1ccccc1)NC(=O)[C@@H](N)CC(C)C. The number of carbonyl (C=O) groups excluding carboxylic acids is 6. The van der Waals surface area contributed by atoms with Crippen LogP contribution in [0.5, 0.6) is 5.75 Å². The Hall–Kier alpha value is -5.68. The van der Waals surface area contributed by atoms with Crippen molar-refractivity contribution in [1.82, 2.24) is 26.6 Å². The number of benzene rings is 4. The van der Waals surface area contributed by atoms with Crippen LogP contribution in [0.1, 0.15) is 82.6 Å². The number of unbranched alkanes of at least 4 members (excludes halogenated alkanes) is 1.